The Kier molecular flexibility index (Phi) is 4.94. The van der Waals surface area contributed by atoms with Gasteiger partial charge in [0, 0.05) is 0 Å². The summed E-state index contributed by atoms with van der Waals surface area (Å²) in [6, 6.07) is -0.103. The lowest BCUT2D eigenvalue weighted by Crippen LogP contribution is -2.38. The van der Waals surface area contributed by atoms with Gasteiger partial charge in [-0.3, -0.25) is 4.79 Å². The molecule has 0 aromatic carbocycles. The van der Waals surface area contributed by atoms with Crippen molar-refractivity contribution < 1.29 is 9.53 Å². The zero-order chi connectivity index (χ0) is 10.4. The average Bonchev–Trinajstić information content (AvgIpc) is 2.96. The summed E-state index contributed by atoms with van der Waals surface area (Å²) in [5, 5.41) is 3.25. The summed E-state index contributed by atoms with van der Waals surface area (Å²) < 4.78 is 4.97. The number of esters is 1. The summed E-state index contributed by atoms with van der Waals surface area (Å²) in [7, 11) is 0. The molecule has 0 spiro atoms. The molecule has 1 fully saturated rings. The maximum atomic E-state index is 11.4. The van der Waals surface area contributed by atoms with Crippen molar-refractivity contribution in [2.24, 2.45) is 5.92 Å². The first-order valence-corrected chi connectivity index (χ1v) is 5.68. The third-order valence-electron chi connectivity index (χ3n) is 2.62. The minimum absolute atomic E-state index is 0.103. The van der Waals surface area contributed by atoms with Gasteiger partial charge in [0.25, 0.3) is 0 Å². The molecule has 0 aromatic heterocycles. The molecule has 3 heteroatoms. The molecule has 0 saturated heterocycles. The number of carbonyl (C=O) groups excluding carboxylic acids is 1. The number of rotatable bonds is 7. The number of nitrogens with one attached hydrogen (secondary N) is 1. The second-order valence-corrected chi connectivity index (χ2v) is 3.90. The first kappa shape index (κ1) is 11.5. The SMILES string of the molecule is CCOC(=O)C(CC)NCCC1CC1. The van der Waals surface area contributed by atoms with Gasteiger partial charge in [0.05, 0.1) is 6.61 Å². The van der Waals surface area contributed by atoms with E-state index in [1.165, 1.54) is 19.3 Å². The van der Waals surface area contributed by atoms with E-state index < -0.39 is 0 Å². The molecule has 3 nitrogen and oxygen atoms in total. The van der Waals surface area contributed by atoms with Crippen LogP contribution in [0.15, 0.2) is 0 Å². The molecule has 0 aromatic rings. The molecular weight excluding hydrogens is 178 g/mol. The highest BCUT2D eigenvalue weighted by molar-refractivity contribution is 5.75. The third-order valence-corrected chi connectivity index (χ3v) is 2.62. The van der Waals surface area contributed by atoms with Crippen molar-refractivity contribution in [2.45, 2.75) is 45.6 Å². The fraction of sp³-hybridized carbons (Fsp3) is 0.909. The first-order chi connectivity index (χ1) is 6.77. The Hall–Kier alpha value is -0.570. The predicted octanol–water partition coefficient (Wildman–Crippen LogP) is 1.72. The van der Waals surface area contributed by atoms with E-state index in [9.17, 15) is 4.79 Å². The zero-order valence-electron chi connectivity index (χ0n) is 9.21. The van der Waals surface area contributed by atoms with Crippen LogP contribution >= 0.6 is 0 Å². The summed E-state index contributed by atoms with van der Waals surface area (Å²) in [6.45, 7) is 5.27. The van der Waals surface area contributed by atoms with Crippen molar-refractivity contribution in [1.82, 2.24) is 5.32 Å². The molecule has 0 aliphatic heterocycles. The average molecular weight is 199 g/mol. The Bertz CT molecular complexity index is 178. The lowest BCUT2D eigenvalue weighted by atomic mass is 10.2. The highest BCUT2D eigenvalue weighted by Crippen LogP contribution is 2.31. The van der Waals surface area contributed by atoms with E-state index in [4.69, 9.17) is 4.74 Å². The quantitative estimate of drug-likeness (QED) is 0.634. The third kappa shape index (κ3) is 4.09. The van der Waals surface area contributed by atoms with Crippen LogP contribution in [0, 0.1) is 5.92 Å². The summed E-state index contributed by atoms with van der Waals surface area (Å²) in [5.74, 6) is 0.813. The van der Waals surface area contributed by atoms with Crippen LogP contribution in [0.5, 0.6) is 0 Å². The lowest BCUT2D eigenvalue weighted by molar-refractivity contribution is -0.145. The van der Waals surface area contributed by atoms with Gasteiger partial charge >= 0.3 is 5.97 Å². The van der Waals surface area contributed by atoms with Gasteiger partial charge in [0.2, 0.25) is 0 Å². The van der Waals surface area contributed by atoms with Gasteiger partial charge in [0.1, 0.15) is 6.04 Å². The summed E-state index contributed by atoms with van der Waals surface area (Å²) in [6.07, 6.45) is 4.76. The van der Waals surface area contributed by atoms with Gasteiger partial charge in [-0.05, 0) is 32.2 Å². The highest BCUT2D eigenvalue weighted by atomic mass is 16.5. The van der Waals surface area contributed by atoms with E-state index >= 15 is 0 Å². The van der Waals surface area contributed by atoms with Crippen molar-refractivity contribution >= 4 is 5.97 Å². The number of carbonyl (C=O) groups is 1. The van der Waals surface area contributed by atoms with Crippen LogP contribution in [0.2, 0.25) is 0 Å². The predicted molar refractivity (Wildman–Crippen MR) is 56.1 cm³/mol. The summed E-state index contributed by atoms with van der Waals surface area (Å²) in [4.78, 5) is 11.4. The van der Waals surface area contributed by atoms with Crippen LogP contribution < -0.4 is 5.32 Å². The van der Waals surface area contributed by atoms with Crippen molar-refractivity contribution in [1.29, 1.82) is 0 Å². The van der Waals surface area contributed by atoms with Crippen LogP contribution in [0.3, 0.4) is 0 Å². The van der Waals surface area contributed by atoms with Gasteiger partial charge in [-0.15, -0.1) is 0 Å². The van der Waals surface area contributed by atoms with Gasteiger partial charge < -0.3 is 10.1 Å². The van der Waals surface area contributed by atoms with Gasteiger partial charge in [-0.25, -0.2) is 0 Å². The smallest absolute Gasteiger partial charge is 0.323 e. The minimum atomic E-state index is -0.106. The Balaban J connectivity index is 2.11. The van der Waals surface area contributed by atoms with Crippen molar-refractivity contribution in [2.75, 3.05) is 13.2 Å². The molecule has 1 aliphatic rings. The molecule has 1 aliphatic carbocycles. The Morgan fingerprint density at radius 2 is 2.21 bits per heavy atom. The molecule has 1 saturated carbocycles. The summed E-state index contributed by atoms with van der Waals surface area (Å²) in [5.41, 5.74) is 0. The Morgan fingerprint density at radius 1 is 1.50 bits per heavy atom. The Morgan fingerprint density at radius 3 is 2.71 bits per heavy atom. The molecule has 1 N–H and O–H groups in total. The van der Waals surface area contributed by atoms with E-state index in [0.29, 0.717) is 6.61 Å². The van der Waals surface area contributed by atoms with Crippen LogP contribution in [0.4, 0.5) is 0 Å². The standard InChI is InChI=1S/C11H21NO2/c1-3-10(11(13)14-4-2)12-8-7-9-5-6-9/h9-10,12H,3-8H2,1-2H3. The second-order valence-electron chi connectivity index (χ2n) is 3.90. The molecule has 1 rings (SSSR count). The second kappa shape index (κ2) is 6.02. The molecule has 1 atom stereocenters. The molecule has 0 amide bonds. The fourth-order valence-corrected chi connectivity index (χ4v) is 1.51. The normalized spacial score (nSPS) is 17.9. The van der Waals surface area contributed by atoms with Crippen LogP contribution in [0.25, 0.3) is 0 Å². The molecule has 0 heterocycles. The minimum Gasteiger partial charge on any atom is -0.465 e. The topological polar surface area (TPSA) is 38.3 Å². The molecule has 0 radical (unpaired) electrons. The van der Waals surface area contributed by atoms with Crippen molar-refractivity contribution in [3.8, 4) is 0 Å². The van der Waals surface area contributed by atoms with Gasteiger partial charge in [-0.1, -0.05) is 19.8 Å². The van der Waals surface area contributed by atoms with Gasteiger partial charge in [-0.2, -0.15) is 0 Å². The molecule has 1 unspecified atom stereocenters. The number of ether oxygens (including phenoxy) is 1. The van der Waals surface area contributed by atoms with Crippen LogP contribution in [0.1, 0.15) is 39.5 Å². The van der Waals surface area contributed by atoms with Crippen LogP contribution in [-0.2, 0) is 9.53 Å². The highest BCUT2D eigenvalue weighted by Gasteiger charge is 2.22. The monoisotopic (exact) mass is 199 g/mol. The van der Waals surface area contributed by atoms with E-state index in [-0.39, 0.29) is 12.0 Å². The van der Waals surface area contributed by atoms with Crippen molar-refractivity contribution in [3.63, 3.8) is 0 Å². The van der Waals surface area contributed by atoms with E-state index in [0.717, 1.165) is 18.9 Å². The summed E-state index contributed by atoms with van der Waals surface area (Å²) >= 11 is 0. The fourth-order valence-electron chi connectivity index (χ4n) is 1.51. The van der Waals surface area contributed by atoms with E-state index in [1.54, 1.807) is 0 Å². The van der Waals surface area contributed by atoms with Crippen LogP contribution in [-0.4, -0.2) is 25.2 Å². The molecule has 14 heavy (non-hydrogen) atoms. The zero-order valence-corrected chi connectivity index (χ0v) is 9.21. The van der Waals surface area contributed by atoms with E-state index in [1.807, 2.05) is 13.8 Å². The largest absolute Gasteiger partial charge is 0.465 e. The maximum absolute atomic E-state index is 11.4. The Labute approximate surface area is 86.2 Å². The molecule has 82 valence electrons. The van der Waals surface area contributed by atoms with Crippen molar-refractivity contribution in [3.05, 3.63) is 0 Å². The molecule has 0 bridgehead atoms. The lowest BCUT2D eigenvalue weighted by Gasteiger charge is -2.14. The number of hydrogen-bond donors (Lipinski definition) is 1. The first-order valence-electron chi connectivity index (χ1n) is 5.68. The maximum Gasteiger partial charge on any atom is 0.323 e. The molecular formula is C11H21NO2. The van der Waals surface area contributed by atoms with Gasteiger partial charge in [0.15, 0.2) is 0 Å². The number of hydrogen-bond acceptors (Lipinski definition) is 3. The van der Waals surface area contributed by atoms with E-state index in [2.05, 4.69) is 5.32 Å².